The van der Waals surface area contributed by atoms with Crippen molar-refractivity contribution in [3.05, 3.63) is 85.1 Å². The van der Waals surface area contributed by atoms with E-state index in [0.717, 1.165) is 180 Å². The van der Waals surface area contributed by atoms with Gasteiger partial charge in [0.2, 0.25) is 0 Å². The summed E-state index contributed by atoms with van der Waals surface area (Å²) in [6.45, 7) is 4.80. The highest BCUT2D eigenvalue weighted by molar-refractivity contribution is 7.47. The van der Waals surface area contributed by atoms with Crippen LogP contribution in [0.25, 0.3) is 0 Å². The third-order valence-electron chi connectivity index (χ3n) is 17.3. The average Bonchev–Trinajstić information content (AvgIpc) is 0.924. The van der Waals surface area contributed by atoms with Gasteiger partial charge in [0.25, 0.3) is 0 Å². The molecule has 0 saturated carbocycles. The number of carbonyl (C=O) groups excluding carboxylic acids is 4. The number of ether oxygens (including phenoxy) is 4. The lowest BCUT2D eigenvalue weighted by molar-refractivity contribution is -0.161. The Morgan fingerprint density at radius 2 is 0.480 bits per heavy atom. The molecule has 0 aromatic rings. The Kier molecular flexibility index (Phi) is 72.7. The lowest BCUT2D eigenvalue weighted by atomic mass is 10.1. The Morgan fingerprint density at radius 1 is 0.275 bits per heavy atom. The first-order chi connectivity index (χ1) is 49.7. The lowest BCUT2D eigenvalue weighted by Crippen LogP contribution is -2.30. The summed E-state index contributed by atoms with van der Waals surface area (Å²) in [7, 11) is -9.96. The van der Waals surface area contributed by atoms with Crippen molar-refractivity contribution >= 4 is 39.5 Å². The second-order valence-electron chi connectivity index (χ2n) is 27.3. The Labute approximate surface area is 621 Å². The van der Waals surface area contributed by atoms with Crippen molar-refractivity contribution in [1.82, 2.24) is 0 Å². The Hall–Kier alpha value is -3.76. The quantitative estimate of drug-likeness (QED) is 0.0169. The lowest BCUT2D eigenvalue weighted by Gasteiger charge is -2.21. The molecule has 0 heterocycles. The Balaban J connectivity index is 5.36. The number of hydrogen-bond acceptors (Lipinski definition) is 15. The molecule has 0 bridgehead atoms. The van der Waals surface area contributed by atoms with E-state index >= 15 is 0 Å². The van der Waals surface area contributed by atoms with E-state index in [0.29, 0.717) is 25.7 Å². The van der Waals surface area contributed by atoms with Crippen LogP contribution in [-0.2, 0) is 65.4 Å². The van der Waals surface area contributed by atoms with E-state index in [9.17, 15) is 43.2 Å². The van der Waals surface area contributed by atoms with Crippen molar-refractivity contribution in [1.29, 1.82) is 0 Å². The molecular formula is C83H148O17P2. The predicted molar refractivity (Wildman–Crippen MR) is 418 cm³/mol. The third-order valence-corrected chi connectivity index (χ3v) is 19.2. The fourth-order valence-corrected chi connectivity index (χ4v) is 12.6. The third kappa shape index (κ3) is 74.5. The largest absolute Gasteiger partial charge is 0.472 e. The maximum Gasteiger partial charge on any atom is 0.472 e. The Bertz CT molecular complexity index is 2260. The van der Waals surface area contributed by atoms with Gasteiger partial charge < -0.3 is 33.8 Å². The van der Waals surface area contributed by atoms with Gasteiger partial charge in [0.05, 0.1) is 26.4 Å². The molecule has 0 amide bonds. The van der Waals surface area contributed by atoms with Gasteiger partial charge in [-0.3, -0.25) is 37.3 Å². The average molecular weight is 1480 g/mol. The number of aliphatic hydroxyl groups excluding tert-OH is 1. The second-order valence-corrected chi connectivity index (χ2v) is 30.3. The number of phosphoric acid groups is 2. The molecule has 5 atom stereocenters. The number of esters is 4. The fraction of sp³-hybridized carbons (Fsp3) is 0.783. The van der Waals surface area contributed by atoms with Crippen LogP contribution in [0.1, 0.15) is 362 Å². The first kappa shape index (κ1) is 98.2. The van der Waals surface area contributed by atoms with Gasteiger partial charge in [-0.25, -0.2) is 9.13 Å². The summed E-state index contributed by atoms with van der Waals surface area (Å²) in [5, 5.41) is 10.6. The Morgan fingerprint density at radius 3 is 0.775 bits per heavy atom. The molecule has 592 valence electrons. The first-order valence-electron chi connectivity index (χ1n) is 40.8. The minimum absolute atomic E-state index is 0.0833. The van der Waals surface area contributed by atoms with Gasteiger partial charge in [0.15, 0.2) is 12.2 Å². The molecule has 0 aromatic carbocycles. The number of hydrogen-bond donors (Lipinski definition) is 3. The standard InChI is InChI=1S/C83H148O17P2/c1-5-9-13-17-21-25-29-33-36-37-38-39-42-45-48-52-56-60-64-68-81(86)94-74-79(100-83(88)70-66-62-58-54-50-46-41-35-31-27-23-19-15-11-7-3)76-98-102(91,92)96-72-77(84)71-95-101(89,90)97-75-78(99-82(87)69-65-61-57-53-49-43-32-28-24-20-16-12-8-4)73-93-80(85)67-63-59-55-51-47-44-40-34-30-26-22-18-14-10-6-2/h21-22,25-26,28,32-36,38-41,77-79,84H,5-20,23-24,27,29-31,37,42-76H2,1-4H3,(H,89,90)(H,91,92)/b25-21-,26-22-,32-28-,36-33-,39-38-,40-34-,41-35-. The van der Waals surface area contributed by atoms with Crippen LogP contribution in [0, 0.1) is 0 Å². The summed E-state index contributed by atoms with van der Waals surface area (Å²) >= 11 is 0. The van der Waals surface area contributed by atoms with Crippen LogP contribution in [0.15, 0.2) is 85.1 Å². The van der Waals surface area contributed by atoms with Gasteiger partial charge in [-0.05, 0) is 148 Å². The summed E-state index contributed by atoms with van der Waals surface area (Å²) in [6.07, 6.45) is 78.3. The molecule has 0 fully saturated rings. The number of phosphoric ester groups is 2. The molecule has 0 aromatic heterocycles. The summed E-state index contributed by atoms with van der Waals surface area (Å²) in [5.74, 6) is -2.20. The van der Waals surface area contributed by atoms with Crippen LogP contribution < -0.4 is 0 Å². The molecule has 0 aliphatic heterocycles. The molecule has 3 N–H and O–H groups in total. The van der Waals surface area contributed by atoms with Gasteiger partial charge >= 0.3 is 39.5 Å². The topological polar surface area (TPSA) is 237 Å². The number of unbranched alkanes of at least 4 members (excludes halogenated alkanes) is 37. The van der Waals surface area contributed by atoms with E-state index in [2.05, 4.69) is 113 Å². The number of aliphatic hydroxyl groups is 1. The van der Waals surface area contributed by atoms with Crippen molar-refractivity contribution < 1.29 is 80.2 Å². The molecule has 0 rings (SSSR count). The van der Waals surface area contributed by atoms with Crippen LogP contribution >= 0.6 is 15.6 Å². The molecule has 17 nitrogen and oxygen atoms in total. The van der Waals surface area contributed by atoms with Crippen LogP contribution in [-0.4, -0.2) is 96.7 Å². The zero-order valence-corrected chi connectivity index (χ0v) is 66.6. The van der Waals surface area contributed by atoms with E-state index in [1.54, 1.807) is 0 Å². The smallest absolute Gasteiger partial charge is 0.462 e. The van der Waals surface area contributed by atoms with Crippen LogP contribution in [0.2, 0.25) is 0 Å². The molecule has 0 aliphatic carbocycles. The van der Waals surface area contributed by atoms with Crippen LogP contribution in [0.4, 0.5) is 0 Å². The maximum atomic E-state index is 13.1. The van der Waals surface area contributed by atoms with Gasteiger partial charge in [-0.2, -0.15) is 0 Å². The van der Waals surface area contributed by atoms with Gasteiger partial charge in [-0.1, -0.05) is 273 Å². The monoisotopic (exact) mass is 1480 g/mol. The zero-order chi connectivity index (χ0) is 74.6. The minimum Gasteiger partial charge on any atom is -0.462 e. The fourth-order valence-electron chi connectivity index (χ4n) is 11.0. The highest BCUT2D eigenvalue weighted by Gasteiger charge is 2.30. The molecule has 102 heavy (non-hydrogen) atoms. The number of rotatable bonds is 77. The normalized spacial score (nSPS) is 14.3. The van der Waals surface area contributed by atoms with Gasteiger partial charge in [0.1, 0.15) is 19.3 Å². The van der Waals surface area contributed by atoms with Gasteiger partial charge in [-0.15, -0.1) is 0 Å². The number of carbonyl (C=O) groups is 4. The van der Waals surface area contributed by atoms with E-state index in [4.69, 9.17) is 37.0 Å². The maximum absolute atomic E-state index is 13.1. The molecule has 0 spiro atoms. The summed E-state index contributed by atoms with van der Waals surface area (Å²) in [6, 6.07) is 0. The molecule has 0 aliphatic rings. The molecule has 0 saturated heterocycles. The first-order valence-corrected chi connectivity index (χ1v) is 43.8. The minimum atomic E-state index is -4.98. The zero-order valence-electron chi connectivity index (χ0n) is 64.8. The van der Waals surface area contributed by atoms with Crippen molar-refractivity contribution in [3.8, 4) is 0 Å². The van der Waals surface area contributed by atoms with Crippen molar-refractivity contribution in [3.63, 3.8) is 0 Å². The molecular weight excluding hydrogens is 1330 g/mol. The van der Waals surface area contributed by atoms with Crippen molar-refractivity contribution in [2.75, 3.05) is 39.6 Å². The summed E-state index contributed by atoms with van der Waals surface area (Å²) < 4.78 is 68.6. The van der Waals surface area contributed by atoms with E-state index < -0.39 is 97.5 Å². The summed E-state index contributed by atoms with van der Waals surface area (Å²) in [5.41, 5.74) is 0. The highest BCUT2D eigenvalue weighted by atomic mass is 31.2. The van der Waals surface area contributed by atoms with E-state index in [1.165, 1.54) is 103 Å². The predicted octanol–water partition coefficient (Wildman–Crippen LogP) is 23.8. The van der Waals surface area contributed by atoms with Gasteiger partial charge in [0, 0.05) is 25.7 Å². The van der Waals surface area contributed by atoms with E-state index in [-0.39, 0.29) is 25.7 Å². The number of allylic oxidation sites excluding steroid dienone is 14. The van der Waals surface area contributed by atoms with Crippen molar-refractivity contribution in [2.24, 2.45) is 0 Å². The molecule has 5 unspecified atom stereocenters. The SMILES string of the molecule is CCCCC/C=C\C/C=C\C/C=C\CCCCCCCCC(=O)OCC(COP(=O)(O)OCC(O)COP(=O)(O)OCC(COC(=O)CCCCCCC/C=C\C/C=C\CCCCC)OC(=O)CCCCCCC/C=C\CCCCCC)OC(=O)CCCCCCC/C=C\CCCCCCCC. The molecule has 19 heteroatoms. The second kappa shape index (κ2) is 75.5. The molecule has 0 radical (unpaired) electrons. The summed E-state index contributed by atoms with van der Waals surface area (Å²) in [4.78, 5) is 73.0. The van der Waals surface area contributed by atoms with Crippen LogP contribution in [0.3, 0.4) is 0 Å². The van der Waals surface area contributed by atoms with Crippen molar-refractivity contribution in [2.45, 2.75) is 380 Å². The van der Waals surface area contributed by atoms with Crippen LogP contribution in [0.5, 0.6) is 0 Å². The van der Waals surface area contributed by atoms with E-state index in [1.807, 2.05) is 0 Å². The highest BCUT2D eigenvalue weighted by Crippen LogP contribution is 2.45.